The molecule has 0 aliphatic carbocycles. The number of anilines is 2. The molecule has 0 saturated heterocycles. The summed E-state index contributed by atoms with van der Waals surface area (Å²) in [7, 11) is 3.86. The van der Waals surface area contributed by atoms with Crippen LogP contribution < -0.4 is 9.80 Å². The minimum Gasteiger partial charge on any atom is -0.315 e. The molecule has 0 radical (unpaired) electrons. The van der Waals surface area contributed by atoms with Crippen LogP contribution in [0.25, 0.3) is 0 Å². The predicted molar refractivity (Wildman–Crippen MR) is 113 cm³/mol. The number of guanidine groups is 1. The number of nitrogens with zero attached hydrogens (tertiary/aromatic N) is 2. The topological polar surface area (TPSA) is 30.3 Å². The lowest BCUT2D eigenvalue weighted by molar-refractivity contribution is 1.10. The van der Waals surface area contributed by atoms with E-state index in [1.807, 2.05) is 42.1 Å². The van der Waals surface area contributed by atoms with Gasteiger partial charge in [0, 0.05) is 34.0 Å². The molecule has 2 aromatic rings. The van der Waals surface area contributed by atoms with Gasteiger partial charge >= 0.3 is 0 Å². The van der Waals surface area contributed by atoms with E-state index in [0.717, 1.165) is 21.6 Å². The van der Waals surface area contributed by atoms with Crippen LogP contribution in [-0.4, -0.2) is 32.1 Å². The summed E-state index contributed by atoms with van der Waals surface area (Å²) in [5.41, 5.74) is 2.00. The summed E-state index contributed by atoms with van der Waals surface area (Å²) in [6, 6.07) is 14.5. The van der Waals surface area contributed by atoms with Gasteiger partial charge in [0.15, 0.2) is 0 Å². The number of thioether (sulfide) groups is 2. The van der Waals surface area contributed by atoms with Crippen molar-refractivity contribution in [2.45, 2.75) is 16.7 Å². The molecule has 0 unspecified atom stereocenters. The van der Waals surface area contributed by atoms with Gasteiger partial charge in [-0.25, -0.2) is 0 Å². The molecule has 0 fully saturated rings. The zero-order valence-electron chi connectivity index (χ0n) is 14.3. The molecular weight excluding hydrogens is 402 g/mol. The highest BCUT2D eigenvalue weighted by molar-refractivity contribution is 9.10. The molecule has 0 aromatic heterocycles. The fourth-order valence-electron chi connectivity index (χ4n) is 2.29. The lowest BCUT2D eigenvalue weighted by atomic mass is 10.3. The smallest absolute Gasteiger partial charge is 0.202 e. The third-order valence-corrected chi connectivity index (χ3v) is 5.94. The second-order valence-corrected chi connectivity index (χ2v) is 8.26. The van der Waals surface area contributed by atoms with Crippen molar-refractivity contribution >= 4 is 56.8 Å². The van der Waals surface area contributed by atoms with Gasteiger partial charge in [-0.3, -0.25) is 5.41 Å². The molecule has 0 saturated carbocycles. The monoisotopic (exact) mass is 423 g/mol. The molecule has 0 aliphatic heterocycles. The van der Waals surface area contributed by atoms with Crippen LogP contribution in [0.4, 0.5) is 11.4 Å². The van der Waals surface area contributed by atoms with E-state index >= 15 is 0 Å². The van der Waals surface area contributed by atoms with Crippen LogP contribution in [-0.2, 0) is 0 Å². The molecule has 1 N–H and O–H groups in total. The highest BCUT2D eigenvalue weighted by atomic mass is 79.9. The van der Waals surface area contributed by atoms with Gasteiger partial charge in [0.1, 0.15) is 0 Å². The zero-order chi connectivity index (χ0) is 17.7. The van der Waals surface area contributed by atoms with Gasteiger partial charge in [0.2, 0.25) is 5.96 Å². The molecular formula is C18H22BrN3S2. The Morgan fingerprint density at radius 3 is 2.50 bits per heavy atom. The third kappa shape index (κ3) is 4.49. The molecule has 3 nitrogen and oxygen atoms in total. The van der Waals surface area contributed by atoms with Crippen LogP contribution >= 0.6 is 39.5 Å². The van der Waals surface area contributed by atoms with Gasteiger partial charge in [-0.1, -0.05) is 13.0 Å². The minimum atomic E-state index is 0.424. The van der Waals surface area contributed by atoms with Gasteiger partial charge in [-0.2, -0.15) is 0 Å². The Labute approximate surface area is 161 Å². The van der Waals surface area contributed by atoms with Crippen molar-refractivity contribution in [3.8, 4) is 0 Å². The maximum atomic E-state index is 8.59. The minimum absolute atomic E-state index is 0.424. The van der Waals surface area contributed by atoms with Crippen LogP contribution in [0.5, 0.6) is 0 Å². The van der Waals surface area contributed by atoms with Gasteiger partial charge in [-0.15, -0.1) is 23.5 Å². The molecule has 6 heteroatoms. The van der Waals surface area contributed by atoms with Crippen LogP contribution in [0.1, 0.15) is 6.92 Å². The first-order chi connectivity index (χ1) is 11.5. The van der Waals surface area contributed by atoms with E-state index in [4.69, 9.17) is 5.41 Å². The summed E-state index contributed by atoms with van der Waals surface area (Å²) in [4.78, 5) is 6.20. The van der Waals surface area contributed by atoms with E-state index in [1.54, 1.807) is 23.5 Å². The van der Waals surface area contributed by atoms with E-state index in [1.165, 1.54) is 9.79 Å². The van der Waals surface area contributed by atoms with Crippen molar-refractivity contribution in [2.24, 2.45) is 0 Å². The summed E-state index contributed by atoms with van der Waals surface area (Å²) < 4.78 is 0.987. The number of nitrogens with one attached hydrogen (secondary N) is 1. The van der Waals surface area contributed by atoms with Crippen molar-refractivity contribution in [1.29, 1.82) is 5.41 Å². The van der Waals surface area contributed by atoms with Crippen molar-refractivity contribution in [2.75, 3.05) is 35.9 Å². The Morgan fingerprint density at radius 2 is 1.83 bits per heavy atom. The maximum Gasteiger partial charge on any atom is 0.202 e. The summed E-state index contributed by atoms with van der Waals surface area (Å²) in [5.74, 6) is 1.46. The molecule has 0 atom stereocenters. The molecule has 0 heterocycles. The molecule has 24 heavy (non-hydrogen) atoms. The SMILES string of the molecule is CCSc1ccc(Br)c(N(C)C(=N)N(C)c2cccc(SC)c2)c1. The second kappa shape index (κ2) is 8.83. The van der Waals surface area contributed by atoms with Crippen molar-refractivity contribution in [1.82, 2.24) is 0 Å². The average molecular weight is 424 g/mol. The lowest BCUT2D eigenvalue weighted by Gasteiger charge is -2.29. The first kappa shape index (κ1) is 19.2. The maximum absolute atomic E-state index is 8.59. The molecule has 0 spiro atoms. The van der Waals surface area contributed by atoms with Crippen molar-refractivity contribution in [3.05, 3.63) is 46.9 Å². The van der Waals surface area contributed by atoms with Gasteiger partial charge in [0.05, 0.1) is 5.69 Å². The Balaban J connectivity index is 2.26. The normalized spacial score (nSPS) is 10.5. The fourth-order valence-corrected chi connectivity index (χ4v) is 3.94. The van der Waals surface area contributed by atoms with Crippen LogP contribution in [0, 0.1) is 5.41 Å². The summed E-state index contributed by atoms with van der Waals surface area (Å²) in [5, 5.41) is 8.59. The number of hydrogen-bond donors (Lipinski definition) is 1. The molecule has 128 valence electrons. The Kier molecular flexibility index (Phi) is 7.07. The van der Waals surface area contributed by atoms with Gasteiger partial charge in [-0.05, 0) is 64.3 Å². The standard InChI is InChI=1S/C18H22BrN3S2/c1-5-24-15-9-10-16(19)17(12-15)22(3)18(20)21(2)13-7-6-8-14(11-13)23-4/h6-12,20H,5H2,1-4H3. The predicted octanol–water partition coefficient (Wildman–Crippen LogP) is 5.79. The van der Waals surface area contributed by atoms with Crippen molar-refractivity contribution < 1.29 is 0 Å². The summed E-state index contributed by atoms with van der Waals surface area (Å²) >= 11 is 7.12. The molecule has 2 rings (SSSR count). The quantitative estimate of drug-likeness (QED) is 0.374. The number of benzene rings is 2. The molecule has 0 bridgehead atoms. The first-order valence-corrected chi connectivity index (χ1v) is 10.6. The van der Waals surface area contributed by atoms with E-state index in [9.17, 15) is 0 Å². The Bertz CT molecular complexity index is 721. The van der Waals surface area contributed by atoms with E-state index in [2.05, 4.69) is 53.4 Å². The largest absolute Gasteiger partial charge is 0.315 e. The second-order valence-electron chi connectivity index (χ2n) is 5.19. The van der Waals surface area contributed by atoms with Crippen LogP contribution in [0.15, 0.2) is 56.7 Å². The third-order valence-electron chi connectivity index (χ3n) is 3.67. The Hall–Kier alpha value is -1.11. The van der Waals surface area contributed by atoms with Crippen LogP contribution in [0.3, 0.4) is 0 Å². The van der Waals surface area contributed by atoms with Crippen LogP contribution in [0.2, 0.25) is 0 Å². The lowest BCUT2D eigenvalue weighted by Crippen LogP contribution is -2.39. The highest BCUT2D eigenvalue weighted by Gasteiger charge is 2.16. The number of halogens is 1. The number of hydrogen-bond acceptors (Lipinski definition) is 3. The van der Waals surface area contributed by atoms with E-state index < -0.39 is 0 Å². The average Bonchev–Trinajstić information content (AvgIpc) is 2.61. The van der Waals surface area contributed by atoms with E-state index in [-0.39, 0.29) is 0 Å². The summed E-state index contributed by atoms with van der Waals surface area (Å²) in [6.45, 7) is 2.14. The molecule has 2 aromatic carbocycles. The van der Waals surface area contributed by atoms with Gasteiger partial charge in [0.25, 0.3) is 0 Å². The van der Waals surface area contributed by atoms with Crippen molar-refractivity contribution in [3.63, 3.8) is 0 Å². The Morgan fingerprint density at radius 1 is 1.08 bits per heavy atom. The first-order valence-electron chi connectivity index (χ1n) is 7.60. The fraction of sp³-hybridized carbons (Fsp3) is 0.278. The molecule has 0 aliphatic rings. The number of rotatable bonds is 5. The van der Waals surface area contributed by atoms with Gasteiger partial charge < -0.3 is 9.80 Å². The summed E-state index contributed by atoms with van der Waals surface area (Å²) in [6.07, 6.45) is 2.06. The van der Waals surface area contributed by atoms with E-state index in [0.29, 0.717) is 5.96 Å². The zero-order valence-corrected chi connectivity index (χ0v) is 17.6. The molecule has 0 amide bonds. The highest BCUT2D eigenvalue weighted by Crippen LogP contribution is 2.32.